The molecule has 0 aliphatic carbocycles. The van der Waals surface area contributed by atoms with E-state index >= 15 is 0 Å². The Labute approximate surface area is 142 Å². The third kappa shape index (κ3) is 4.53. The lowest BCUT2D eigenvalue weighted by molar-refractivity contribution is 0.152. The van der Waals surface area contributed by atoms with E-state index in [0.717, 1.165) is 19.6 Å². The topological polar surface area (TPSA) is 54.2 Å². The number of nitrogens with zero attached hydrogens (tertiary/aromatic N) is 2. The molecule has 0 saturated carbocycles. The van der Waals surface area contributed by atoms with E-state index in [1.165, 1.54) is 41.8 Å². The summed E-state index contributed by atoms with van der Waals surface area (Å²) >= 11 is 1.55. The number of hydrogen-bond donors (Lipinski definition) is 2. The number of nitrogens with two attached hydrogens (primary N) is 1. The molecular weight excluding hydrogens is 304 g/mol. The Bertz CT molecular complexity index is 625. The number of anilines is 1. The summed E-state index contributed by atoms with van der Waals surface area (Å²) in [6.45, 7) is 6.35. The Hall–Kier alpha value is -1.43. The van der Waals surface area contributed by atoms with Crippen molar-refractivity contribution in [2.24, 2.45) is 0 Å². The second kappa shape index (κ2) is 7.90. The maximum absolute atomic E-state index is 5.68. The number of benzene rings is 1. The molecule has 1 aliphatic rings. The van der Waals surface area contributed by atoms with Gasteiger partial charge in [0.2, 0.25) is 0 Å². The molecule has 1 aromatic heterocycles. The molecule has 2 aromatic rings. The molecule has 124 valence electrons. The van der Waals surface area contributed by atoms with E-state index in [-0.39, 0.29) is 0 Å². The summed E-state index contributed by atoms with van der Waals surface area (Å²) in [5.74, 6) is 0. The van der Waals surface area contributed by atoms with Crippen LogP contribution in [-0.4, -0.2) is 22.5 Å². The van der Waals surface area contributed by atoms with Crippen LogP contribution in [0.3, 0.4) is 0 Å². The SMILES string of the molecule is CC1CCCCN1Cc1ccccc1CNCc1cnc(N)s1. The van der Waals surface area contributed by atoms with Crippen molar-refractivity contribution in [3.05, 3.63) is 46.5 Å². The number of rotatable bonds is 6. The van der Waals surface area contributed by atoms with Crippen LogP contribution in [0.25, 0.3) is 0 Å². The molecule has 1 aliphatic heterocycles. The number of nitrogens with one attached hydrogen (secondary N) is 1. The first-order valence-corrected chi connectivity index (χ1v) is 9.26. The zero-order chi connectivity index (χ0) is 16.1. The molecule has 0 spiro atoms. The molecule has 23 heavy (non-hydrogen) atoms. The Kier molecular flexibility index (Phi) is 5.65. The maximum Gasteiger partial charge on any atom is 0.180 e. The number of likely N-dealkylation sites (tertiary alicyclic amines) is 1. The molecule has 3 N–H and O–H groups in total. The summed E-state index contributed by atoms with van der Waals surface area (Å²) in [5, 5.41) is 4.16. The van der Waals surface area contributed by atoms with Gasteiger partial charge in [-0.1, -0.05) is 30.7 Å². The Balaban J connectivity index is 1.58. The van der Waals surface area contributed by atoms with Crippen LogP contribution in [0, 0.1) is 0 Å². The zero-order valence-corrected chi connectivity index (χ0v) is 14.6. The van der Waals surface area contributed by atoms with Crippen molar-refractivity contribution in [1.29, 1.82) is 0 Å². The van der Waals surface area contributed by atoms with E-state index in [2.05, 4.69) is 46.4 Å². The van der Waals surface area contributed by atoms with Crippen molar-refractivity contribution in [1.82, 2.24) is 15.2 Å². The third-order valence-electron chi connectivity index (χ3n) is 4.62. The largest absolute Gasteiger partial charge is 0.375 e. The van der Waals surface area contributed by atoms with Gasteiger partial charge in [-0.3, -0.25) is 4.90 Å². The van der Waals surface area contributed by atoms with Gasteiger partial charge in [0.1, 0.15) is 0 Å². The van der Waals surface area contributed by atoms with Crippen LogP contribution in [-0.2, 0) is 19.6 Å². The fraction of sp³-hybridized carbons (Fsp3) is 0.500. The number of aromatic nitrogens is 1. The normalized spacial score (nSPS) is 19.1. The number of nitrogen functional groups attached to an aromatic ring is 1. The number of hydrogen-bond acceptors (Lipinski definition) is 5. The highest BCUT2D eigenvalue weighted by molar-refractivity contribution is 7.15. The minimum atomic E-state index is 0.640. The highest BCUT2D eigenvalue weighted by Crippen LogP contribution is 2.21. The third-order valence-corrected chi connectivity index (χ3v) is 5.45. The first-order valence-electron chi connectivity index (χ1n) is 8.44. The van der Waals surface area contributed by atoms with Crippen LogP contribution < -0.4 is 11.1 Å². The van der Waals surface area contributed by atoms with Gasteiger partial charge in [-0.05, 0) is 37.4 Å². The molecule has 3 rings (SSSR count). The van der Waals surface area contributed by atoms with Gasteiger partial charge in [-0.15, -0.1) is 11.3 Å². The molecule has 1 unspecified atom stereocenters. The fourth-order valence-electron chi connectivity index (χ4n) is 3.22. The van der Waals surface area contributed by atoms with Gasteiger partial charge in [0.25, 0.3) is 0 Å². The van der Waals surface area contributed by atoms with Gasteiger partial charge in [0.05, 0.1) is 0 Å². The molecular formula is C18H26N4S. The first-order chi connectivity index (χ1) is 11.2. The van der Waals surface area contributed by atoms with Gasteiger partial charge < -0.3 is 11.1 Å². The molecule has 2 heterocycles. The second-order valence-electron chi connectivity index (χ2n) is 6.35. The van der Waals surface area contributed by atoms with Crippen molar-refractivity contribution >= 4 is 16.5 Å². The highest BCUT2D eigenvalue weighted by Gasteiger charge is 2.18. The van der Waals surface area contributed by atoms with Crippen molar-refractivity contribution in [3.8, 4) is 0 Å². The molecule has 4 nitrogen and oxygen atoms in total. The quantitative estimate of drug-likeness (QED) is 0.852. The zero-order valence-electron chi connectivity index (χ0n) is 13.8. The minimum absolute atomic E-state index is 0.640. The van der Waals surface area contributed by atoms with E-state index in [1.807, 2.05) is 6.20 Å². The van der Waals surface area contributed by atoms with E-state index in [9.17, 15) is 0 Å². The lowest BCUT2D eigenvalue weighted by atomic mass is 10.0. The van der Waals surface area contributed by atoms with E-state index in [4.69, 9.17) is 5.73 Å². The predicted octanol–water partition coefficient (Wildman–Crippen LogP) is 3.39. The average Bonchev–Trinajstić information content (AvgIpc) is 2.97. The van der Waals surface area contributed by atoms with Gasteiger partial charge >= 0.3 is 0 Å². The lowest BCUT2D eigenvalue weighted by Gasteiger charge is -2.33. The maximum atomic E-state index is 5.68. The summed E-state index contributed by atoms with van der Waals surface area (Å²) < 4.78 is 0. The van der Waals surface area contributed by atoms with Crippen molar-refractivity contribution in [2.45, 2.75) is 51.9 Å². The Morgan fingerprint density at radius 1 is 1.26 bits per heavy atom. The molecule has 0 bridgehead atoms. The van der Waals surface area contributed by atoms with Crippen LogP contribution in [0.2, 0.25) is 0 Å². The van der Waals surface area contributed by atoms with Crippen LogP contribution in [0.1, 0.15) is 42.2 Å². The first kappa shape index (κ1) is 16.4. The smallest absolute Gasteiger partial charge is 0.180 e. The summed E-state index contributed by atoms with van der Waals surface area (Å²) in [6, 6.07) is 9.48. The molecule has 0 amide bonds. The molecule has 1 saturated heterocycles. The standard InChI is InChI=1S/C18H26N4S/c1-14-6-4-5-9-22(14)13-16-8-3-2-7-15(16)10-20-11-17-12-21-18(19)23-17/h2-3,7-8,12,14,20H,4-6,9-11,13H2,1H3,(H2,19,21). The van der Waals surface area contributed by atoms with E-state index in [1.54, 1.807) is 11.3 Å². The predicted molar refractivity (Wildman–Crippen MR) is 97.2 cm³/mol. The van der Waals surface area contributed by atoms with E-state index in [0.29, 0.717) is 11.2 Å². The van der Waals surface area contributed by atoms with Crippen LogP contribution in [0.15, 0.2) is 30.5 Å². The Morgan fingerprint density at radius 3 is 2.83 bits per heavy atom. The van der Waals surface area contributed by atoms with Crippen LogP contribution >= 0.6 is 11.3 Å². The summed E-state index contributed by atoms with van der Waals surface area (Å²) in [7, 11) is 0. The molecule has 1 atom stereocenters. The minimum Gasteiger partial charge on any atom is -0.375 e. The summed E-state index contributed by atoms with van der Waals surface area (Å²) in [4.78, 5) is 7.90. The van der Waals surface area contributed by atoms with Crippen molar-refractivity contribution in [2.75, 3.05) is 12.3 Å². The van der Waals surface area contributed by atoms with E-state index < -0.39 is 0 Å². The fourth-order valence-corrected chi connectivity index (χ4v) is 3.87. The van der Waals surface area contributed by atoms with Gasteiger partial charge in [-0.2, -0.15) is 0 Å². The molecule has 0 radical (unpaired) electrons. The number of piperidine rings is 1. The second-order valence-corrected chi connectivity index (χ2v) is 7.50. The monoisotopic (exact) mass is 330 g/mol. The van der Waals surface area contributed by atoms with Gasteiger partial charge in [0.15, 0.2) is 5.13 Å². The van der Waals surface area contributed by atoms with Gasteiger partial charge in [-0.25, -0.2) is 4.98 Å². The summed E-state index contributed by atoms with van der Waals surface area (Å²) in [5.41, 5.74) is 8.51. The van der Waals surface area contributed by atoms with Gasteiger partial charge in [0, 0.05) is 36.8 Å². The highest BCUT2D eigenvalue weighted by atomic mass is 32.1. The van der Waals surface area contributed by atoms with Crippen molar-refractivity contribution < 1.29 is 0 Å². The Morgan fingerprint density at radius 2 is 2.09 bits per heavy atom. The molecule has 5 heteroatoms. The van der Waals surface area contributed by atoms with Crippen molar-refractivity contribution in [3.63, 3.8) is 0 Å². The number of thiazole rings is 1. The van der Waals surface area contributed by atoms with Crippen LogP contribution in [0.5, 0.6) is 0 Å². The molecule has 1 aromatic carbocycles. The average molecular weight is 331 g/mol. The molecule has 1 fully saturated rings. The lowest BCUT2D eigenvalue weighted by Crippen LogP contribution is -2.37. The van der Waals surface area contributed by atoms with Crippen LogP contribution in [0.4, 0.5) is 5.13 Å². The summed E-state index contributed by atoms with van der Waals surface area (Å²) in [6.07, 6.45) is 5.89.